The minimum absolute atomic E-state index is 0.00703. The Labute approximate surface area is 281 Å². The largest absolute Gasteiger partial charge is 0.352 e. The maximum absolute atomic E-state index is 14.6. The van der Waals surface area contributed by atoms with Crippen LogP contribution in [-0.4, -0.2) is 43.8 Å². The Morgan fingerprint density at radius 2 is 1.50 bits per heavy atom. The van der Waals surface area contributed by atoms with Gasteiger partial charge in [0.1, 0.15) is 12.6 Å². The summed E-state index contributed by atoms with van der Waals surface area (Å²) in [6.07, 6.45) is 4.08. The van der Waals surface area contributed by atoms with Gasteiger partial charge in [0.25, 0.3) is 10.0 Å². The van der Waals surface area contributed by atoms with E-state index in [1.165, 1.54) is 29.2 Å². The van der Waals surface area contributed by atoms with Gasteiger partial charge >= 0.3 is 0 Å². The number of hydrogen-bond acceptors (Lipinski definition) is 4. The lowest BCUT2D eigenvalue weighted by molar-refractivity contribution is -0.140. The molecule has 4 aromatic carbocycles. The molecule has 1 aliphatic carbocycles. The Morgan fingerprint density at radius 1 is 0.826 bits per heavy atom. The number of benzene rings is 4. The topological polar surface area (TPSA) is 86.8 Å². The lowest BCUT2D eigenvalue weighted by Crippen LogP contribution is -2.54. The Hall–Kier alpha value is -3.85. The Morgan fingerprint density at radius 3 is 2.17 bits per heavy atom. The van der Waals surface area contributed by atoms with E-state index in [0.717, 1.165) is 46.7 Å². The van der Waals surface area contributed by atoms with Crippen LogP contribution in [0.1, 0.15) is 42.4 Å². The van der Waals surface area contributed by atoms with E-state index in [1.807, 2.05) is 49.4 Å². The van der Waals surface area contributed by atoms with E-state index in [2.05, 4.69) is 5.32 Å². The van der Waals surface area contributed by atoms with E-state index in [9.17, 15) is 18.0 Å². The van der Waals surface area contributed by atoms with Gasteiger partial charge in [0.2, 0.25) is 11.8 Å². The van der Waals surface area contributed by atoms with Crippen molar-refractivity contribution < 1.29 is 18.0 Å². The van der Waals surface area contributed by atoms with Crippen LogP contribution in [0.2, 0.25) is 10.0 Å². The summed E-state index contributed by atoms with van der Waals surface area (Å²) in [5.74, 6) is -0.796. The Kier molecular flexibility index (Phi) is 11.0. The number of rotatable bonds is 12. The molecule has 0 aromatic heterocycles. The highest BCUT2D eigenvalue weighted by molar-refractivity contribution is 7.92. The van der Waals surface area contributed by atoms with Crippen LogP contribution in [0.25, 0.3) is 0 Å². The number of aryl methyl sites for hydroxylation is 1. The number of halogens is 2. The third-order valence-electron chi connectivity index (χ3n) is 8.18. The first-order valence-electron chi connectivity index (χ1n) is 15.3. The maximum Gasteiger partial charge on any atom is 0.264 e. The summed E-state index contributed by atoms with van der Waals surface area (Å²) in [5.41, 5.74) is 2.76. The first-order chi connectivity index (χ1) is 22.1. The number of sulfonamides is 1. The molecule has 1 fully saturated rings. The van der Waals surface area contributed by atoms with Crippen LogP contribution in [0.4, 0.5) is 5.69 Å². The molecule has 4 aromatic rings. The molecule has 0 bridgehead atoms. The lowest BCUT2D eigenvalue weighted by Gasteiger charge is -2.34. The molecule has 1 N–H and O–H groups in total. The molecule has 7 nitrogen and oxygen atoms in total. The first-order valence-corrected chi connectivity index (χ1v) is 17.5. The fourth-order valence-electron chi connectivity index (χ4n) is 5.80. The normalized spacial score (nSPS) is 14.1. The van der Waals surface area contributed by atoms with Crippen LogP contribution in [0.5, 0.6) is 0 Å². The van der Waals surface area contributed by atoms with Gasteiger partial charge in [-0.3, -0.25) is 13.9 Å². The van der Waals surface area contributed by atoms with Crippen molar-refractivity contribution in [2.45, 2.75) is 62.6 Å². The summed E-state index contributed by atoms with van der Waals surface area (Å²) in [6.45, 7) is 1.38. The molecule has 1 saturated carbocycles. The average Bonchev–Trinajstić information content (AvgIpc) is 3.55. The molecule has 0 spiro atoms. The van der Waals surface area contributed by atoms with Crippen molar-refractivity contribution in [1.82, 2.24) is 10.2 Å². The van der Waals surface area contributed by atoms with Crippen molar-refractivity contribution >= 4 is 50.7 Å². The van der Waals surface area contributed by atoms with Gasteiger partial charge in [0, 0.05) is 29.1 Å². The SMILES string of the molecule is Cc1cccc(N(CC(=O)N(Cc2cccc(Cl)c2)[C@H](Cc2ccccc2)C(=O)NC2CCCC2)S(=O)(=O)c2ccc(Cl)cc2)c1. The zero-order chi connectivity index (χ0) is 32.7. The van der Waals surface area contributed by atoms with Gasteiger partial charge in [0.05, 0.1) is 10.6 Å². The number of hydrogen-bond donors (Lipinski definition) is 1. The molecule has 10 heteroatoms. The molecule has 0 unspecified atom stereocenters. The van der Waals surface area contributed by atoms with E-state index in [0.29, 0.717) is 15.7 Å². The molecule has 0 radical (unpaired) electrons. The molecular formula is C36H37Cl2N3O4S. The van der Waals surface area contributed by atoms with Crippen LogP contribution in [0, 0.1) is 6.92 Å². The molecule has 0 aliphatic heterocycles. The van der Waals surface area contributed by atoms with Gasteiger partial charge in [-0.25, -0.2) is 8.42 Å². The number of carbonyl (C=O) groups excluding carboxylic acids is 2. The molecule has 1 aliphatic rings. The minimum atomic E-state index is -4.21. The predicted molar refractivity (Wildman–Crippen MR) is 183 cm³/mol. The lowest BCUT2D eigenvalue weighted by atomic mass is 10.0. The van der Waals surface area contributed by atoms with Crippen molar-refractivity contribution in [1.29, 1.82) is 0 Å². The highest BCUT2D eigenvalue weighted by Gasteiger charge is 2.35. The minimum Gasteiger partial charge on any atom is -0.352 e. The monoisotopic (exact) mass is 677 g/mol. The quantitative estimate of drug-likeness (QED) is 0.172. The Bertz CT molecular complexity index is 1760. The summed E-state index contributed by atoms with van der Waals surface area (Å²) in [6, 6.07) is 28.6. The van der Waals surface area contributed by atoms with E-state index >= 15 is 0 Å². The number of amides is 2. The smallest absolute Gasteiger partial charge is 0.264 e. The molecule has 240 valence electrons. The summed E-state index contributed by atoms with van der Waals surface area (Å²) < 4.78 is 29.4. The van der Waals surface area contributed by atoms with Crippen molar-refractivity contribution in [3.05, 3.63) is 130 Å². The second-order valence-corrected chi connectivity index (χ2v) is 14.4. The Balaban J connectivity index is 1.57. The zero-order valence-electron chi connectivity index (χ0n) is 25.6. The van der Waals surface area contributed by atoms with Gasteiger partial charge in [0.15, 0.2) is 0 Å². The summed E-state index contributed by atoms with van der Waals surface area (Å²) in [7, 11) is -4.21. The van der Waals surface area contributed by atoms with Crippen LogP contribution in [-0.2, 0) is 32.6 Å². The van der Waals surface area contributed by atoms with Gasteiger partial charge < -0.3 is 10.2 Å². The number of anilines is 1. The molecule has 5 rings (SSSR count). The molecule has 2 amide bonds. The highest BCUT2D eigenvalue weighted by Crippen LogP contribution is 2.27. The van der Waals surface area contributed by atoms with Crippen molar-refractivity contribution in [3.63, 3.8) is 0 Å². The molecule has 46 heavy (non-hydrogen) atoms. The van der Waals surface area contributed by atoms with Gasteiger partial charge in [-0.15, -0.1) is 0 Å². The summed E-state index contributed by atoms with van der Waals surface area (Å²) in [5, 5.41) is 4.07. The van der Waals surface area contributed by atoms with Crippen LogP contribution < -0.4 is 9.62 Å². The van der Waals surface area contributed by atoms with Crippen molar-refractivity contribution in [2.75, 3.05) is 10.8 Å². The van der Waals surface area contributed by atoms with Crippen molar-refractivity contribution in [3.8, 4) is 0 Å². The van der Waals surface area contributed by atoms with Crippen LogP contribution in [0.3, 0.4) is 0 Å². The first kappa shape index (κ1) is 33.5. The molecule has 1 atom stereocenters. The predicted octanol–water partition coefficient (Wildman–Crippen LogP) is 7.20. The van der Waals surface area contributed by atoms with Gasteiger partial charge in [-0.2, -0.15) is 0 Å². The zero-order valence-corrected chi connectivity index (χ0v) is 27.9. The van der Waals surface area contributed by atoms with E-state index in [1.54, 1.807) is 36.4 Å². The van der Waals surface area contributed by atoms with E-state index in [4.69, 9.17) is 23.2 Å². The highest BCUT2D eigenvalue weighted by atomic mass is 35.5. The van der Waals surface area contributed by atoms with Crippen LogP contribution >= 0.6 is 23.2 Å². The number of nitrogens with zero attached hydrogens (tertiary/aromatic N) is 2. The molecular weight excluding hydrogens is 641 g/mol. The third-order valence-corrected chi connectivity index (χ3v) is 10.5. The van der Waals surface area contributed by atoms with Crippen molar-refractivity contribution in [2.24, 2.45) is 0 Å². The van der Waals surface area contributed by atoms with E-state index < -0.39 is 28.5 Å². The number of nitrogens with one attached hydrogen (secondary N) is 1. The molecule has 0 heterocycles. The summed E-state index contributed by atoms with van der Waals surface area (Å²) in [4.78, 5) is 30.2. The second kappa shape index (κ2) is 15.2. The fourth-order valence-corrected chi connectivity index (χ4v) is 7.54. The standard InChI is InChI=1S/C36H37Cl2N3O4S/c1-26-9-7-16-32(21-26)41(46(44,45)33-19-17-29(37)18-20-33)25-35(42)40(24-28-12-8-13-30(38)22-28)34(23-27-10-3-2-4-11-27)36(43)39-31-14-5-6-15-31/h2-4,7-13,16-22,31,34H,5-6,14-15,23-25H2,1H3,(H,39,43)/t34-/m1/s1. The molecule has 0 saturated heterocycles. The average molecular weight is 679 g/mol. The third kappa shape index (κ3) is 8.49. The second-order valence-electron chi connectivity index (χ2n) is 11.7. The number of carbonyl (C=O) groups is 2. The maximum atomic E-state index is 14.6. The van der Waals surface area contributed by atoms with Crippen LogP contribution in [0.15, 0.2) is 108 Å². The summed E-state index contributed by atoms with van der Waals surface area (Å²) >= 11 is 12.4. The van der Waals surface area contributed by atoms with Gasteiger partial charge in [-0.1, -0.05) is 90.6 Å². The van der Waals surface area contributed by atoms with Gasteiger partial charge in [-0.05, 0) is 85.0 Å². The fraction of sp³-hybridized carbons (Fsp3) is 0.278. The van der Waals surface area contributed by atoms with E-state index in [-0.39, 0.29) is 29.8 Å².